The van der Waals surface area contributed by atoms with Crippen molar-refractivity contribution in [3.63, 3.8) is 0 Å². The number of fused-ring (bicyclic) bond motifs is 1. The standard InChI is InChI=1S/C25H37FN2O4S/c1-23(2)17-21(27-33(31,32)19-8-6-18(26)7-9-19)25(13-12-24(3,30)16-20(23)25)11-10-22(29)28-14-4-5-15-28/h6-9,20-21,27,30H,4-5,10-17H2,1-3H3/t20-,21-,24-,25-/m0/s1. The highest BCUT2D eigenvalue weighted by atomic mass is 32.2. The second-order valence-corrected chi connectivity index (χ2v) is 13.1. The number of carbonyl (C=O) groups is 1. The molecule has 0 unspecified atom stereocenters. The van der Waals surface area contributed by atoms with Crippen LogP contribution >= 0.6 is 0 Å². The number of nitrogens with zero attached hydrogens (tertiary/aromatic N) is 1. The van der Waals surface area contributed by atoms with Crippen molar-refractivity contribution >= 4 is 15.9 Å². The third kappa shape index (κ3) is 4.84. The average Bonchev–Trinajstić information content (AvgIpc) is 3.33. The molecule has 1 aromatic rings. The Morgan fingerprint density at radius 1 is 1.12 bits per heavy atom. The van der Waals surface area contributed by atoms with Crippen LogP contribution in [0.4, 0.5) is 4.39 Å². The van der Waals surface area contributed by atoms with Gasteiger partial charge in [-0.05, 0) is 92.9 Å². The van der Waals surface area contributed by atoms with E-state index >= 15 is 0 Å². The monoisotopic (exact) mass is 480 g/mol. The van der Waals surface area contributed by atoms with Gasteiger partial charge in [-0.1, -0.05) is 13.8 Å². The van der Waals surface area contributed by atoms with Gasteiger partial charge in [-0.2, -0.15) is 0 Å². The molecule has 0 spiro atoms. The van der Waals surface area contributed by atoms with E-state index in [0.29, 0.717) is 38.5 Å². The van der Waals surface area contributed by atoms with E-state index in [2.05, 4.69) is 18.6 Å². The molecule has 4 atom stereocenters. The number of halogens is 1. The summed E-state index contributed by atoms with van der Waals surface area (Å²) in [5.41, 5.74) is -1.40. The Bertz CT molecular complexity index is 986. The summed E-state index contributed by atoms with van der Waals surface area (Å²) in [6.45, 7) is 7.75. The molecule has 4 rings (SSSR count). The first-order valence-electron chi connectivity index (χ1n) is 12.1. The van der Waals surface area contributed by atoms with Gasteiger partial charge in [0, 0.05) is 25.6 Å². The van der Waals surface area contributed by atoms with Crippen LogP contribution < -0.4 is 4.72 Å². The van der Waals surface area contributed by atoms with E-state index in [1.54, 1.807) is 0 Å². The molecule has 1 heterocycles. The zero-order chi connectivity index (χ0) is 24.1. The molecular weight excluding hydrogens is 443 g/mol. The van der Waals surface area contributed by atoms with E-state index in [1.165, 1.54) is 12.1 Å². The lowest BCUT2D eigenvalue weighted by Crippen LogP contribution is -2.52. The highest BCUT2D eigenvalue weighted by Gasteiger charge is 2.62. The maximum Gasteiger partial charge on any atom is 0.240 e. The lowest BCUT2D eigenvalue weighted by Gasteiger charge is -2.51. The van der Waals surface area contributed by atoms with Gasteiger partial charge < -0.3 is 10.0 Å². The molecule has 2 N–H and O–H groups in total. The van der Waals surface area contributed by atoms with Crippen molar-refractivity contribution in [2.75, 3.05) is 13.1 Å². The summed E-state index contributed by atoms with van der Waals surface area (Å²) in [4.78, 5) is 14.9. The van der Waals surface area contributed by atoms with Crippen LogP contribution in [0, 0.1) is 22.6 Å². The van der Waals surface area contributed by atoms with Gasteiger partial charge >= 0.3 is 0 Å². The lowest BCUT2D eigenvalue weighted by molar-refractivity contribution is -0.132. The first-order chi connectivity index (χ1) is 15.3. The number of hydrogen-bond donors (Lipinski definition) is 2. The number of amides is 1. The summed E-state index contributed by atoms with van der Waals surface area (Å²) in [5, 5.41) is 10.9. The van der Waals surface area contributed by atoms with Crippen molar-refractivity contribution in [3.8, 4) is 0 Å². The number of nitrogens with one attached hydrogen (secondary N) is 1. The van der Waals surface area contributed by atoms with E-state index in [1.807, 2.05) is 11.8 Å². The highest BCUT2D eigenvalue weighted by molar-refractivity contribution is 7.89. The predicted molar refractivity (Wildman–Crippen MR) is 124 cm³/mol. The SMILES string of the molecule is CC1(C)C[C@H](NS(=O)(=O)c2ccc(F)cc2)[C@@]2(CCC(=O)N3CCCC3)CC[C@](C)(O)C[C@@H]12. The summed E-state index contributed by atoms with van der Waals surface area (Å²) in [5.74, 6) is -0.258. The van der Waals surface area contributed by atoms with Gasteiger partial charge in [0.15, 0.2) is 0 Å². The quantitative estimate of drug-likeness (QED) is 0.648. The molecule has 1 aromatic carbocycles. The average molecular weight is 481 g/mol. The molecule has 1 aliphatic heterocycles. The minimum absolute atomic E-state index is 0.0382. The summed E-state index contributed by atoms with van der Waals surface area (Å²) < 4.78 is 42.8. The fourth-order valence-electron chi connectivity index (χ4n) is 6.73. The molecular formula is C25H37FN2O4S. The van der Waals surface area contributed by atoms with Gasteiger partial charge in [0.2, 0.25) is 15.9 Å². The maximum absolute atomic E-state index is 13.4. The molecule has 33 heavy (non-hydrogen) atoms. The van der Waals surface area contributed by atoms with Crippen molar-refractivity contribution in [1.29, 1.82) is 0 Å². The Kier molecular flexibility index (Phi) is 6.42. The number of benzene rings is 1. The van der Waals surface area contributed by atoms with Crippen LogP contribution in [-0.4, -0.2) is 49.1 Å². The second-order valence-electron chi connectivity index (χ2n) is 11.4. The Morgan fingerprint density at radius 3 is 2.39 bits per heavy atom. The molecule has 8 heteroatoms. The Balaban J connectivity index is 1.63. The fraction of sp³-hybridized carbons (Fsp3) is 0.720. The number of sulfonamides is 1. The highest BCUT2D eigenvalue weighted by Crippen LogP contribution is 2.64. The smallest absolute Gasteiger partial charge is 0.240 e. The molecule has 0 aromatic heterocycles. The van der Waals surface area contributed by atoms with Gasteiger partial charge in [-0.25, -0.2) is 17.5 Å². The zero-order valence-corrected chi connectivity index (χ0v) is 20.8. The molecule has 184 valence electrons. The van der Waals surface area contributed by atoms with E-state index in [4.69, 9.17) is 0 Å². The number of hydrogen-bond acceptors (Lipinski definition) is 4. The molecule has 2 saturated carbocycles. The predicted octanol–water partition coefficient (Wildman–Crippen LogP) is 3.84. The van der Waals surface area contributed by atoms with E-state index in [-0.39, 0.29) is 28.2 Å². The van der Waals surface area contributed by atoms with Gasteiger partial charge in [-0.15, -0.1) is 0 Å². The van der Waals surface area contributed by atoms with E-state index < -0.39 is 26.9 Å². The van der Waals surface area contributed by atoms with Crippen molar-refractivity contribution in [1.82, 2.24) is 9.62 Å². The van der Waals surface area contributed by atoms with Gasteiger partial charge in [-0.3, -0.25) is 4.79 Å². The summed E-state index contributed by atoms with van der Waals surface area (Å²) in [7, 11) is -3.86. The molecule has 0 radical (unpaired) electrons. The van der Waals surface area contributed by atoms with E-state index in [9.17, 15) is 22.7 Å². The van der Waals surface area contributed by atoms with Crippen LogP contribution in [0.15, 0.2) is 29.2 Å². The lowest BCUT2D eigenvalue weighted by atomic mass is 9.57. The Hall–Kier alpha value is -1.51. The third-order valence-corrected chi connectivity index (χ3v) is 10.0. The summed E-state index contributed by atoms with van der Waals surface area (Å²) in [6.07, 6.45) is 5.53. The molecule has 1 saturated heterocycles. The molecule has 0 bridgehead atoms. The van der Waals surface area contributed by atoms with Crippen LogP contribution in [0.5, 0.6) is 0 Å². The van der Waals surface area contributed by atoms with Crippen LogP contribution in [0.1, 0.15) is 72.1 Å². The zero-order valence-electron chi connectivity index (χ0n) is 19.9. The second kappa shape index (κ2) is 8.61. The largest absolute Gasteiger partial charge is 0.390 e. The number of aliphatic hydroxyl groups is 1. The Morgan fingerprint density at radius 2 is 1.76 bits per heavy atom. The van der Waals surface area contributed by atoms with Crippen LogP contribution in [0.2, 0.25) is 0 Å². The minimum Gasteiger partial charge on any atom is -0.390 e. The first-order valence-corrected chi connectivity index (χ1v) is 13.6. The maximum atomic E-state index is 13.4. The summed E-state index contributed by atoms with van der Waals surface area (Å²) >= 11 is 0. The van der Waals surface area contributed by atoms with Crippen molar-refractivity contribution < 1.29 is 22.7 Å². The molecule has 6 nitrogen and oxygen atoms in total. The normalized spacial score (nSPS) is 33.8. The van der Waals surface area contributed by atoms with Crippen molar-refractivity contribution in [2.45, 2.75) is 88.7 Å². The Labute approximate surface area is 197 Å². The van der Waals surface area contributed by atoms with Crippen molar-refractivity contribution in [2.24, 2.45) is 16.7 Å². The molecule has 1 amide bonds. The van der Waals surface area contributed by atoms with E-state index in [0.717, 1.165) is 38.1 Å². The third-order valence-electron chi connectivity index (χ3n) is 8.52. The topological polar surface area (TPSA) is 86.7 Å². The van der Waals surface area contributed by atoms with Crippen LogP contribution in [-0.2, 0) is 14.8 Å². The van der Waals surface area contributed by atoms with Crippen LogP contribution in [0.3, 0.4) is 0 Å². The fourth-order valence-corrected chi connectivity index (χ4v) is 8.05. The number of likely N-dealkylation sites (tertiary alicyclic amines) is 1. The summed E-state index contributed by atoms with van der Waals surface area (Å²) in [6, 6.07) is 4.51. The molecule has 3 aliphatic rings. The molecule has 3 fully saturated rings. The minimum atomic E-state index is -3.86. The number of rotatable bonds is 6. The van der Waals surface area contributed by atoms with Gasteiger partial charge in [0.1, 0.15) is 5.82 Å². The number of carbonyl (C=O) groups excluding carboxylic acids is 1. The van der Waals surface area contributed by atoms with Crippen LogP contribution in [0.25, 0.3) is 0 Å². The van der Waals surface area contributed by atoms with Gasteiger partial charge in [0.05, 0.1) is 10.5 Å². The molecule has 2 aliphatic carbocycles. The first kappa shape index (κ1) is 24.6. The van der Waals surface area contributed by atoms with Gasteiger partial charge in [0.25, 0.3) is 0 Å². The van der Waals surface area contributed by atoms with Crippen molar-refractivity contribution in [3.05, 3.63) is 30.1 Å².